The molecule has 1 amide bonds. The highest BCUT2D eigenvalue weighted by Gasteiger charge is 2.00. The minimum Gasteiger partial charge on any atom is -0.497 e. The average molecular weight is 276 g/mol. The van der Waals surface area contributed by atoms with E-state index in [1.54, 1.807) is 27.4 Å². The number of hydrogen-bond donors (Lipinski definition) is 2. The van der Waals surface area contributed by atoms with Gasteiger partial charge in [0.05, 0.1) is 7.11 Å². The summed E-state index contributed by atoms with van der Waals surface area (Å²) in [6.07, 6.45) is 3.68. The Bertz CT molecular complexity index is 494. The molecule has 0 aromatic heterocycles. The van der Waals surface area contributed by atoms with E-state index < -0.39 is 0 Å². The predicted molar refractivity (Wildman–Crippen MR) is 79.3 cm³/mol. The second kappa shape index (κ2) is 7.83. The minimum absolute atomic E-state index is 0.264. The molecule has 0 saturated heterocycles. The van der Waals surface area contributed by atoms with Crippen LogP contribution >= 0.6 is 0 Å². The number of nitrogens with zero attached hydrogens (tertiary/aromatic N) is 2. The van der Waals surface area contributed by atoms with Crippen molar-refractivity contribution in [2.45, 2.75) is 6.42 Å². The molecular formula is C14H20N4O2. The van der Waals surface area contributed by atoms with Crippen molar-refractivity contribution in [2.24, 2.45) is 10.8 Å². The maximum atomic E-state index is 11.1. The summed E-state index contributed by atoms with van der Waals surface area (Å²) >= 11 is 0. The molecule has 20 heavy (non-hydrogen) atoms. The van der Waals surface area contributed by atoms with Crippen LogP contribution in [-0.4, -0.2) is 38.3 Å². The van der Waals surface area contributed by atoms with Gasteiger partial charge in [-0.2, -0.15) is 5.10 Å². The molecule has 6 nitrogen and oxygen atoms in total. The maximum absolute atomic E-state index is 11.1. The number of hydrogen-bond acceptors (Lipinski definition) is 5. The number of nitrogens with one attached hydrogen (secondary N) is 1. The molecule has 0 fully saturated rings. The number of amides is 1. The van der Waals surface area contributed by atoms with Crippen molar-refractivity contribution in [2.75, 3.05) is 21.2 Å². The van der Waals surface area contributed by atoms with Crippen LogP contribution in [-0.2, 0) is 11.2 Å². The van der Waals surface area contributed by atoms with E-state index in [1.165, 1.54) is 11.1 Å². The molecule has 0 aliphatic rings. The van der Waals surface area contributed by atoms with Gasteiger partial charge < -0.3 is 15.8 Å². The Morgan fingerprint density at radius 2 is 2.10 bits per heavy atom. The van der Waals surface area contributed by atoms with Crippen LogP contribution in [0.1, 0.15) is 5.56 Å². The molecule has 1 rings (SSSR count). The van der Waals surface area contributed by atoms with E-state index in [4.69, 9.17) is 10.5 Å². The number of ether oxygens (including phenoxy) is 1. The first-order valence-corrected chi connectivity index (χ1v) is 6.14. The van der Waals surface area contributed by atoms with Gasteiger partial charge in [-0.05, 0) is 17.7 Å². The van der Waals surface area contributed by atoms with Gasteiger partial charge in [-0.3, -0.25) is 9.80 Å². The molecule has 0 aliphatic carbocycles. The fraction of sp³-hybridized carbons (Fsp3) is 0.286. The first-order valence-electron chi connectivity index (χ1n) is 6.14. The number of carbonyl (C=O) groups excluding carboxylic acids is 1. The highest BCUT2D eigenvalue weighted by Crippen LogP contribution is 2.11. The van der Waals surface area contributed by atoms with E-state index in [-0.39, 0.29) is 11.7 Å². The van der Waals surface area contributed by atoms with Gasteiger partial charge in [0.1, 0.15) is 11.6 Å². The largest absolute Gasteiger partial charge is 0.497 e. The summed E-state index contributed by atoms with van der Waals surface area (Å²) in [6, 6.07) is 7.72. The van der Waals surface area contributed by atoms with Crippen molar-refractivity contribution in [1.29, 1.82) is 0 Å². The Hall–Kier alpha value is -2.50. The Morgan fingerprint density at radius 1 is 1.45 bits per heavy atom. The number of likely N-dealkylation sites (N-methyl/N-ethyl adjacent to an activating group) is 1. The summed E-state index contributed by atoms with van der Waals surface area (Å²) in [4.78, 5) is 11.1. The number of carbonyl (C=O) groups is 1. The molecule has 0 aliphatic heterocycles. The Morgan fingerprint density at radius 3 is 2.65 bits per heavy atom. The van der Waals surface area contributed by atoms with E-state index in [1.807, 2.05) is 24.3 Å². The summed E-state index contributed by atoms with van der Waals surface area (Å²) in [7, 11) is 4.85. The van der Waals surface area contributed by atoms with Gasteiger partial charge >= 0.3 is 0 Å². The zero-order chi connectivity index (χ0) is 15.0. The smallest absolute Gasteiger partial charge is 0.247 e. The molecular weight excluding hydrogens is 256 g/mol. The van der Waals surface area contributed by atoms with Crippen molar-refractivity contribution < 1.29 is 9.53 Å². The molecule has 108 valence electrons. The lowest BCUT2D eigenvalue weighted by molar-refractivity contribution is -0.116. The summed E-state index contributed by atoms with van der Waals surface area (Å²) in [5.41, 5.74) is 6.82. The molecule has 0 atom stereocenters. The SMILES string of the molecule is CNC(=O)/C=C(\N)N(C)/N=C/Cc1ccc(OC)cc1. The summed E-state index contributed by atoms with van der Waals surface area (Å²) in [5.74, 6) is 0.829. The summed E-state index contributed by atoms with van der Waals surface area (Å²) in [5, 5.41) is 8.05. The van der Waals surface area contributed by atoms with Gasteiger partial charge in [0.15, 0.2) is 0 Å². The van der Waals surface area contributed by atoms with Gasteiger partial charge in [0.25, 0.3) is 0 Å². The van der Waals surface area contributed by atoms with Crippen LogP contribution in [0.3, 0.4) is 0 Å². The summed E-state index contributed by atoms with van der Waals surface area (Å²) in [6.45, 7) is 0. The molecule has 3 N–H and O–H groups in total. The molecule has 0 heterocycles. The number of rotatable bonds is 6. The monoisotopic (exact) mass is 276 g/mol. The number of methoxy groups -OCH3 is 1. The lowest BCUT2D eigenvalue weighted by atomic mass is 10.2. The third-order valence-electron chi connectivity index (χ3n) is 2.64. The number of benzene rings is 1. The van der Waals surface area contributed by atoms with Crippen LogP contribution in [0.5, 0.6) is 5.75 Å². The minimum atomic E-state index is -0.264. The van der Waals surface area contributed by atoms with Gasteiger partial charge in [-0.15, -0.1) is 0 Å². The van der Waals surface area contributed by atoms with E-state index in [2.05, 4.69) is 10.4 Å². The van der Waals surface area contributed by atoms with Crippen molar-refractivity contribution in [3.05, 3.63) is 41.7 Å². The molecule has 1 aromatic rings. The molecule has 0 spiro atoms. The van der Waals surface area contributed by atoms with Gasteiger partial charge in [-0.25, -0.2) is 0 Å². The molecule has 0 bridgehead atoms. The van der Waals surface area contributed by atoms with E-state index in [0.29, 0.717) is 6.42 Å². The van der Waals surface area contributed by atoms with Crippen LogP contribution in [0.25, 0.3) is 0 Å². The van der Waals surface area contributed by atoms with Crippen LogP contribution in [0.15, 0.2) is 41.3 Å². The zero-order valence-electron chi connectivity index (χ0n) is 12.0. The van der Waals surface area contributed by atoms with Gasteiger partial charge in [-0.1, -0.05) is 12.1 Å². The highest BCUT2D eigenvalue weighted by atomic mass is 16.5. The predicted octanol–water partition coefficient (Wildman–Crippen LogP) is 0.701. The lowest BCUT2D eigenvalue weighted by Crippen LogP contribution is -2.23. The number of nitrogens with two attached hydrogens (primary N) is 1. The van der Waals surface area contributed by atoms with Crippen LogP contribution < -0.4 is 15.8 Å². The van der Waals surface area contributed by atoms with Crippen molar-refractivity contribution in [1.82, 2.24) is 10.3 Å². The molecule has 0 radical (unpaired) electrons. The fourth-order valence-corrected chi connectivity index (χ4v) is 1.40. The second-order valence-corrected chi connectivity index (χ2v) is 4.06. The lowest BCUT2D eigenvalue weighted by Gasteiger charge is -2.12. The fourth-order valence-electron chi connectivity index (χ4n) is 1.40. The van der Waals surface area contributed by atoms with Crippen LogP contribution in [0, 0.1) is 0 Å². The first kappa shape index (κ1) is 15.6. The van der Waals surface area contributed by atoms with E-state index >= 15 is 0 Å². The van der Waals surface area contributed by atoms with Gasteiger partial charge in [0.2, 0.25) is 5.91 Å². The molecule has 1 aromatic carbocycles. The Balaban J connectivity index is 2.54. The Kier molecular flexibility index (Phi) is 6.09. The van der Waals surface area contributed by atoms with Crippen molar-refractivity contribution in [3.63, 3.8) is 0 Å². The number of hydrazone groups is 1. The van der Waals surface area contributed by atoms with Gasteiger partial charge in [0, 0.05) is 32.8 Å². The quantitative estimate of drug-likeness (QED) is 0.455. The zero-order valence-corrected chi connectivity index (χ0v) is 12.0. The molecule has 0 unspecified atom stereocenters. The Labute approximate surface area is 118 Å². The average Bonchev–Trinajstić information content (AvgIpc) is 2.47. The van der Waals surface area contributed by atoms with Crippen LogP contribution in [0.4, 0.5) is 0 Å². The third-order valence-corrected chi connectivity index (χ3v) is 2.64. The maximum Gasteiger partial charge on any atom is 0.247 e. The normalized spacial score (nSPS) is 11.4. The second-order valence-electron chi connectivity index (χ2n) is 4.06. The third kappa shape index (κ3) is 5.01. The summed E-state index contributed by atoms with van der Waals surface area (Å²) < 4.78 is 5.09. The first-order chi connectivity index (χ1) is 9.56. The van der Waals surface area contributed by atoms with E-state index in [0.717, 1.165) is 11.3 Å². The highest BCUT2D eigenvalue weighted by molar-refractivity contribution is 5.87. The van der Waals surface area contributed by atoms with Crippen molar-refractivity contribution in [3.8, 4) is 5.75 Å². The van der Waals surface area contributed by atoms with Crippen LogP contribution in [0.2, 0.25) is 0 Å². The standard InChI is InChI=1S/C14H20N4O2/c1-16-14(19)10-13(15)18(2)17-9-8-11-4-6-12(20-3)7-5-11/h4-7,9-10H,8,15H2,1-3H3,(H,16,19)/b13-10+,17-9+. The molecule has 0 saturated carbocycles. The molecule has 6 heteroatoms. The topological polar surface area (TPSA) is 80.0 Å². The van der Waals surface area contributed by atoms with Crippen molar-refractivity contribution >= 4 is 12.1 Å². The van der Waals surface area contributed by atoms with E-state index in [9.17, 15) is 4.79 Å².